The minimum atomic E-state index is 0.000495. The van der Waals surface area contributed by atoms with Crippen molar-refractivity contribution in [1.82, 2.24) is 20.1 Å². The Labute approximate surface area is 173 Å². The van der Waals surface area contributed by atoms with Crippen molar-refractivity contribution >= 4 is 35.0 Å². The van der Waals surface area contributed by atoms with Crippen LogP contribution >= 0.6 is 23.1 Å². The van der Waals surface area contributed by atoms with Crippen LogP contribution in [0.4, 0.5) is 5.95 Å². The number of carbonyl (C=O) groups excluding carboxylic acids is 1. The van der Waals surface area contributed by atoms with Crippen LogP contribution in [-0.4, -0.2) is 39.5 Å². The normalized spacial score (nSPS) is 14.2. The van der Waals surface area contributed by atoms with Crippen LogP contribution in [0.1, 0.15) is 24.1 Å². The van der Waals surface area contributed by atoms with E-state index in [1.54, 1.807) is 11.3 Å². The van der Waals surface area contributed by atoms with Crippen molar-refractivity contribution in [2.75, 3.05) is 23.7 Å². The third-order valence-corrected chi connectivity index (χ3v) is 6.45. The Morgan fingerprint density at radius 2 is 1.89 bits per heavy atom. The van der Waals surface area contributed by atoms with E-state index >= 15 is 0 Å². The second-order valence-electron chi connectivity index (χ2n) is 6.65. The van der Waals surface area contributed by atoms with E-state index in [9.17, 15) is 4.79 Å². The lowest BCUT2D eigenvalue weighted by molar-refractivity contribution is -0.118. The van der Waals surface area contributed by atoms with E-state index in [0.717, 1.165) is 34.8 Å². The molecule has 1 saturated heterocycles. The van der Waals surface area contributed by atoms with E-state index in [1.807, 2.05) is 35.7 Å². The van der Waals surface area contributed by atoms with Crippen molar-refractivity contribution in [3.8, 4) is 5.69 Å². The molecule has 1 amide bonds. The number of aromatic nitrogens is 3. The molecule has 1 aliphatic heterocycles. The van der Waals surface area contributed by atoms with Crippen LogP contribution in [0.15, 0.2) is 53.0 Å². The number of rotatable bonds is 7. The topological polar surface area (TPSA) is 63.1 Å². The summed E-state index contributed by atoms with van der Waals surface area (Å²) in [6, 6.07) is 14.1. The number of thiophene rings is 1. The molecular weight excluding hydrogens is 390 g/mol. The number of anilines is 1. The summed E-state index contributed by atoms with van der Waals surface area (Å²) in [6.45, 7) is 2.56. The van der Waals surface area contributed by atoms with Crippen LogP contribution in [0.5, 0.6) is 0 Å². The lowest BCUT2D eigenvalue weighted by atomic mass is 10.1. The van der Waals surface area contributed by atoms with Crippen LogP contribution in [0, 0.1) is 0 Å². The standard InChI is InChI=1S/C20H23N5OS2/c26-18(21-14-17-10-7-13-27-17)15-28-20-23-22-19(24-11-5-2-6-12-24)25(20)16-8-3-1-4-9-16/h1,3-4,7-10,13H,2,5-6,11-12,14-15H2,(H,21,26). The van der Waals surface area contributed by atoms with Gasteiger partial charge in [-0.05, 0) is 42.8 Å². The Hall–Kier alpha value is -2.32. The minimum absolute atomic E-state index is 0.000495. The van der Waals surface area contributed by atoms with Gasteiger partial charge < -0.3 is 10.2 Å². The Morgan fingerprint density at radius 3 is 2.64 bits per heavy atom. The van der Waals surface area contributed by atoms with Gasteiger partial charge in [-0.1, -0.05) is 36.0 Å². The maximum atomic E-state index is 12.3. The third-order valence-electron chi connectivity index (χ3n) is 4.64. The average molecular weight is 414 g/mol. The number of piperidine rings is 1. The Kier molecular flexibility index (Phi) is 6.28. The predicted molar refractivity (Wildman–Crippen MR) is 114 cm³/mol. The van der Waals surface area contributed by atoms with Gasteiger partial charge in [-0.2, -0.15) is 0 Å². The Bertz CT molecular complexity index is 889. The molecule has 4 rings (SSSR count). The molecule has 28 heavy (non-hydrogen) atoms. The number of hydrogen-bond donors (Lipinski definition) is 1. The first-order chi connectivity index (χ1) is 13.8. The zero-order valence-electron chi connectivity index (χ0n) is 15.6. The highest BCUT2D eigenvalue weighted by atomic mass is 32.2. The molecule has 3 heterocycles. The maximum Gasteiger partial charge on any atom is 0.232 e. The second kappa shape index (κ2) is 9.25. The number of amides is 1. The summed E-state index contributed by atoms with van der Waals surface area (Å²) in [7, 11) is 0. The zero-order chi connectivity index (χ0) is 19.2. The highest BCUT2D eigenvalue weighted by Crippen LogP contribution is 2.28. The van der Waals surface area contributed by atoms with Crippen molar-refractivity contribution in [3.63, 3.8) is 0 Å². The summed E-state index contributed by atoms with van der Waals surface area (Å²) >= 11 is 3.07. The van der Waals surface area contributed by atoms with Gasteiger partial charge >= 0.3 is 0 Å². The molecule has 2 aromatic heterocycles. The smallest absolute Gasteiger partial charge is 0.232 e. The monoisotopic (exact) mass is 413 g/mol. The molecule has 0 bridgehead atoms. The molecule has 1 fully saturated rings. The van der Waals surface area contributed by atoms with Crippen LogP contribution in [0.3, 0.4) is 0 Å². The molecule has 0 radical (unpaired) electrons. The number of hydrogen-bond acceptors (Lipinski definition) is 6. The molecule has 146 valence electrons. The van der Waals surface area contributed by atoms with Gasteiger partial charge in [0.15, 0.2) is 5.16 Å². The molecule has 0 atom stereocenters. The fraction of sp³-hybridized carbons (Fsp3) is 0.350. The molecule has 3 aromatic rings. The number of thioether (sulfide) groups is 1. The van der Waals surface area contributed by atoms with Gasteiger partial charge in [0, 0.05) is 18.0 Å². The fourth-order valence-corrected chi connectivity index (χ4v) is 4.66. The van der Waals surface area contributed by atoms with Crippen molar-refractivity contribution in [3.05, 3.63) is 52.7 Å². The van der Waals surface area contributed by atoms with E-state index in [-0.39, 0.29) is 5.91 Å². The van der Waals surface area contributed by atoms with Gasteiger partial charge in [-0.3, -0.25) is 9.36 Å². The molecule has 0 unspecified atom stereocenters. The molecule has 1 aliphatic rings. The highest BCUT2D eigenvalue weighted by molar-refractivity contribution is 7.99. The first-order valence-electron chi connectivity index (χ1n) is 9.49. The molecular formula is C20H23N5OS2. The number of nitrogens with one attached hydrogen (secondary N) is 1. The van der Waals surface area contributed by atoms with Crippen molar-refractivity contribution in [2.24, 2.45) is 0 Å². The lowest BCUT2D eigenvalue weighted by Gasteiger charge is -2.27. The summed E-state index contributed by atoms with van der Waals surface area (Å²) < 4.78 is 2.07. The second-order valence-corrected chi connectivity index (χ2v) is 8.62. The third kappa shape index (κ3) is 4.56. The van der Waals surface area contributed by atoms with Gasteiger partial charge in [0.05, 0.1) is 18.0 Å². The quantitative estimate of drug-likeness (QED) is 0.598. The number of benzene rings is 1. The van der Waals surface area contributed by atoms with Crippen LogP contribution in [-0.2, 0) is 11.3 Å². The first kappa shape index (κ1) is 19.0. The van der Waals surface area contributed by atoms with Crippen LogP contribution in [0.25, 0.3) is 5.69 Å². The van der Waals surface area contributed by atoms with Gasteiger partial charge in [-0.25, -0.2) is 0 Å². The van der Waals surface area contributed by atoms with Gasteiger partial charge in [0.2, 0.25) is 11.9 Å². The van der Waals surface area contributed by atoms with E-state index in [4.69, 9.17) is 0 Å². The first-order valence-corrected chi connectivity index (χ1v) is 11.4. The molecule has 8 heteroatoms. The molecule has 1 aromatic carbocycles. The SMILES string of the molecule is O=C(CSc1nnc(N2CCCCC2)n1-c1ccccc1)NCc1cccs1. The maximum absolute atomic E-state index is 12.3. The van der Waals surface area contributed by atoms with Crippen LogP contribution < -0.4 is 10.2 Å². The van der Waals surface area contributed by atoms with Gasteiger partial charge in [0.1, 0.15) is 0 Å². The summed E-state index contributed by atoms with van der Waals surface area (Å²) in [5.41, 5.74) is 1.02. The van der Waals surface area contributed by atoms with E-state index in [2.05, 4.69) is 37.1 Å². The lowest BCUT2D eigenvalue weighted by Crippen LogP contribution is -2.31. The summed E-state index contributed by atoms with van der Waals surface area (Å²) in [5, 5.41) is 14.6. The van der Waals surface area contributed by atoms with E-state index in [0.29, 0.717) is 12.3 Å². The Morgan fingerprint density at radius 1 is 1.07 bits per heavy atom. The van der Waals surface area contributed by atoms with Gasteiger partial charge in [-0.15, -0.1) is 21.5 Å². The molecule has 0 aliphatic carbocycles. The van der Waals surface area contributed by atoms with E-state index in [1.165, 1.54) is 31.0 Å². The molecule has 0 spiro atoms. The summed E-state index contributed by atoms with van der Waals surface area (Å²) in [4.78, 5) is 15.7. The minimum Gasteiger partial charge on any atom is -0.350 e. The van der Waals surface area contributed by atoms with E-state index < -0.39 is 0 Å². The van der Waals surface area contributed by atoms with Gasteiger partial charge in [0.25, 0.3) is 0 Å². The van der Waals surface area contributed by atoms with Crippen molar-refractivity contribution in [1.29, 1.82) is 0 Å². The summed E-state index contributed by atoms with van der Waals surface area (Å²) in [5.74, 6) is 1.18. The summed E-state index contributed by atoms with van der Waals surface area (Å²) in [6.07, 6.45) is 3.62. The molecule has 0 saturated carbocycles. The Balaban J connectivity index is 1.48. The number of carbonyl (C=O) groups is 1. The van der Waals surface area contributed by atoms with Crippen molar-refractivity contribution in [2.45, 2.75) is 31.0 Å². The molecule has 6 nitrogen and oxygen atoms in total. The average Bonchev–Trinajstić information content (AvgIpc) is 3.42. The number of nitrogens with zero attached hydrogens (tertiary/aromatic N) is 4. The van der Waals surface area contributed by atoms with Crippen molar-refractivity contribution < 1.29 is 4.79 Å². The largest absolute Gasteiger partial charge is 0.350 e. The van der Waals surface area contributed by atoms with Crippen LogP contribution in [0.2, 0.25) is 0 Å². The highest BCUT2D eigenvalue weighted by Gasteiger charge is 2.21. The fourth-order valence-electron chi connectivity index (χ4n) is 3.24. The number of para-hydroxylation sites is 1. The molecule has 1 N–H and O–H groups in total. The predicted octanol–water partition coefficient (Wildman–Crippen LogP) is 3.73. The zero-order valence-corrected chi connectivity index (χ0v) is 17.2.